The second kappa shape index (κ2) is 4.94. The first-order valence-electron chi connectivity index (χ1n) is 5.45. The van der Waals surface area contributed by atoms with Crippen LogP contribution in [-0.2, 0) is 9.59 Å². The number of carbonyl (C=O) groups excluding carboxylic acids is 2. The van der Waals surface area contributed by atoms with Gasteiger partial charge in [-0.15, -0.1) is 11.6 Å². The molecular weight excluding hydrogens is 261 g/mol. The van der Waals surface area contributed by atoms with Crippen molar-refractivity contribution in [2.45, 2.75) is 18.2 Å². The Labute approximate surface area is 108 Å². The molecule has 1 aromatic rings. The van der Waals surface area contributed by atoms with Crippen LogP contribution in [0.4, 0.5) is 4.39 Å². The number of halogens is 2. The topological polar surface area (TPSA) is 55.4 Å². The summed E-state index contributed by atoms with van der Waals surface area (Å²) in [5, 5.41) is 1.11. The molecule has 0 aromatic heterocycles. The minimum Gasteiger partial charge on any atom is -0.491 e. The van der Waals surface area contributed by atoms with Crippen molar-refractivity contribution in [2.75, 3.05) is 6.61 Å². The predicted molar refractivity (Wildman–Crippen MR) is 63.1 cm³/mol. The lowest BCUT2D eigenvalue weighted by molar-refractivity contribution is -0.125. The third-order valence-corrected chi connectivity index (χ3v) is 3.14. The molecule has 1 heterocycles. The number of hydrogen-bond donors (Lipinski definition) is 1. The van der Waals surface area contributed by atoms with E-state index >= 15 is 0 Å². The fourth-order valence-corrected chi connectivity index (χ4v) is 2.17. The Morgan fingerprint density at radius 1 is 1.39 bits per heavy atom. The predicted octanol–water partition coefficient (Wildman–Crippen LogP) is 1.57. The van der Waals surface area contributed by atoms with Gasteiger partial charge < -0.3 is 4.74 Å². The van der Waals surface area contributed by atoms with E-state index in [1.54, 1.807) is 6.92 Å². The number of alkyl halides is 1. The van der Waals surface area contributed by atoms with Crippen molar-refractivity contribution in [3.05, 3.63) is 29.6 Å². The van der Waals surface area contributed by atoms with E-state index in [9.17, 15) is 14.0 Å². The third-order valence-electron chi connectivity index (χ3n) is 2.69. The van der Waals surface area contributed by atoms with Crippen molar-refractivity contribution < 1.29 is 18.7 Å². The number of hydrogen-bond acceptors (Lipinski definition) is 3. The number of benzene rings is 1. The number of nitrogens with one attached hydrogen (secondary N) is 1. The SMILES string of the molecule is CCOc1ccc(C2C(=O)NC(=O)C2Cl)cc1F. The number of rotatable bonds is 3. The van der Waals surface area contributed by atoms with E-state index in [-0.39, 0.29) is 5.75 Å². The standard InChI is InChI=1S/C12H11ClFNO3/c1-2-18-8-4-3-6(5-7(8)14)9-10(13)12(17)15-11(9)16/h3-5,9-10H,2H2,1H3,(H,15,16,17). The molecule has 1 saturated heterocycles. The van der Waals surface area contributed by atoms with Crippen molar-refractivity contribution in [3.8, 4) is 5.75 Å². The average molecular weight is 272 g/mol. The fraction of sp³-hybridized carbons (Fsp3) is 0.333. The van der Waals surface area contributed by atoms with Gasteiger partial charge in [-0.2, -0.15) is 0 Å². The molecule has 2 amide bonds. The molecule has 0 aliphatic carbocycles. The lowest BCUT2D eigenvalue weighted by Crippen LogP contribution is -2.22. The first-order chi connectivity index (χ1) is 8.54. The molecule has 1 N–H and O–H groups in total. The molecule has 0 radical (unpaired) electrons. The monoisotopic (exact) mass is 271 g/mol. The van der Waals surface area contributed by atoms with E-state index in [1.165, 1.54) is 18.2 Å². The molecule has 1 aliphatic rings. The van der Waals surface area contributed by atoms with Crippen LogP contribution in [0, 0.1) is 5.82 Å². The minimum atomic E-state index is -1.00. The maximum atomic E-state index is 13.7. The summed E-state index contributed by atoms with van der Waals surface area (Å²) >= 11 is 5.82. The van der Waals surface area contributed by atoms with Crippen LogP contribution in [-0.4, -0.2) is 23.8 Å². The van der Waals surface area contributed by atoms with Gasteiger partial charge in [0.05, 0.1) is 12.5 Å². The van der Waals surface area contributed by atoms with Gasteiger partial charge >= 0.3 is 0 Å². The van der Waals surface area contributed by atoms with Gasteiger partial charge in [-0.1, -0.05) is 6.07 Å². The van der Waals surface area contributed by atoms with E-state index in [0.717, 1.165) is 0 Å². The molecule has 2 unspecified atom stereocenters. The van der Waals surface area contributed by atoms with Crippen LogP contribution in [0.2, 0.25) is 0 Å². The van der Waals surface area contributed by atoms with Crippen molar-refractivity contribution in [3.63, 3.8) is 0 Å². The van der Waals surface area contributed by atoms with E-state index in [2.05, 4.69) is 5.32 Å². The minimum absolute atomic E-state index is 0.108. The second-order valence-electron chi connectivity index (χ2n) is 3.86. The first-order valence-corrected chi connectivity index (χ1v) is 5.89. The smallest absolute Gasteiger partial charge is 0.245 e. The summed E-state index contributed by atoms with van der Waals surface area (Å²) in [6.07, 6.45) is 0. The zero-order valence-corrected chi connectivity index (χ0v) is 10.3. The third kappa shape index (κ3) is 2.18. The van der Waals surface area contributed by atoms with E-state index < -0.39 is 28.9 Å². The van der Waals surface area contributed by atoms with Crippen LogP contribution in [0.1, 0.15) is 18.4 Å². The fourth-order valence-electron chi connectivity index (χ4n) is 1.86. The summed E-state index contributed by atoms with van der Waals surface area (Å²) in [5.74, 6) is -2.39. The second-order valence-corrected chi connectivity index (χ2v) is 4.33. The van der Waals surface area contributed by atoms with Crippen molar-refractivity contribution in [1.29, 1.82) is 0 Å². The molecule has 6 heteroatoms. The largest absolute Gasteiger partial charge is 0.491 e. The first kappa shape index (κ1) is 12.8. The lowest BCUT2D eigenvalue weighted by atomic mass is 9.97. The van der Waals surface area contributed by atoms with Gasteiger partial charge in [0.15, 0.2) is 11.6 Å². The average Bonchev–Trinajstić information content (AvgIpc) is 2.56. The molecular formula is C12H11ClFNO3. The lowest BCUT2D eigenvalue weighted by Gasteiger charge is -2.11. The quantitative estimate of drug-likeness (QED) is 0.671. The van der Waals surface area contributed by atoms with Gasteiger partial charge in [0, 0.05) is 0 Å². The van der Waals surface area contributed by atoms with Crippen LogP contribution in [0.15, 0.2) is 18.2 Å². The molecule has 0 saturated carbocycles. The van der Waals surface area contributed by atoms with Crippen LogP contribution >= 0.6 is 11.6 Å². The van der Waals surface area contributed by atoms with Crippen molar-refractivity contribution in [2.24, 2.45) is 0 Å². The number of amides is 2. The molecule has 4 nitrogen and oxygen atoms in total. The Kier molecular flexibility index (Phi) is 3.52. The summed E-state index contributed by atoms with van der Waals surface area (Å²) in [7, 11) is 0. The molecule has 0 bridgehead atoms. The molecule has 18 heavy (non-hydrogen) atoms. The highest BCUT2D eigenvalue weighted by Gasteiger charge is 2.41. The Hall–Kier alpha value is -1.62. The zero-order valence-electron chi connectivity index (χ0n) is 9.57. The summed E-state index contributed by atoms with van der Waals surface area (Å²) < 4.78 is 18.7. The molecule has 1 aromatic carbocycles. The Morgan fingerprint density at radius 2 is 2.11 bits per heavy atom. The molecule has 0 spiro atoms. The van der Waals surface area contributed by atoms with Gasteiger partial charge in [0.25, 0.3) is 0 Å². The Balaban J connectivity index is 2.32. The molecule has 2 rings (SSSR count). The maximum Gasteiger partial charge on any atom is 0.245 e. The summed E-state index contributed by atoms with van der Waals surface area (Å²) in [6.45, 7) is 2.09. The highest BCUT2D eigenvalue weighted by molar-refractivity contribution is 6.37. The van der Waals surface area contributed by atoms with E-state index in [4.69, 9.17) is 16.3 Å². The van der Waals surface area contributed by atoms with Gasteiger partial charge in [0.1, 0.15) is 5.38 Å². The van der Waals surface area contributed by atoms with E-state index in [0.29, 0.717) is 12.2 Å². The normalized spacial score (nSPS) is 23.1. The number of imide groups is 1. The maximum absolute atomic E-state index is 13.7. The summed E-state index contributed by atoms with van der Waals surface area (Å²) in [5.41, 5.74) is 0.360. The van der Waals surface area contributed by atoms with Gasteiger partial charge in [-0.05, 0) is 24.6 Å². The highest BCUT2D eigenvalue weighted by Crippen LogP contribution is 2.31. The zero-order chi connectivity index (χ0) is 13.3. The number of ether oxygens (including phenoxy) is 1. The molecule has 2 atom stereocenters. The van der Waals surface area contributed by atoms with Crippen LogP contribution in [0.3, 0.4) is 0 Å². The number of carbonyl (C=O) groups is 2. The molecule has 96 valence electrons. The van der Waals surface area contributed by atoms with Crippen molar-refractivity contribution in [1.82, 2.24) is 5.32 Å². The highest BCUT2D eigenvalue weighted by atomic mass is 35.5. The van der Waals surface area contributed by atoms with Gasteiger partial charge in [-0.25, -0.2) is 4.39 Å². The molecule has 1 aliphatic heterocycles. The summed E-state index contributed by atoms with van der Waals surface area (Å²) in [4.78, 5) is 22.8. The van der Waals surface area contributed by atoms with Crippen LogP contribution in [0.5, 0.6) is 5.75 Å². The van der Waals surface area contributed by atoms with Crippen LogP contribution in [0.25, 0.3) is 0 Å². The van der Waals surface area contributed by atoms with E-state index in [1.807, 2.05) is 0 Å². The van der Waals surface area contributed by atoms with Crippen molar-refractivity contribution >= 4 is 23.4 Å². The Bertz CT molecular complexity index is 506. The molecule has 1 fully saturated rings. The van der Waals surface area contributed by atoms with Gasteiger partial charge in [0.2, 0.25) is 11.8 Å². The Morgan fingerprint density at radius 3 is 2.61 bits per heavy atom. The van der Waals surface area contributed by atoms with Crippen LogP contribution < -0.4 is 10.1 Å². The summed E-state index contributed by atoms with van der Waals surface area (Å²) in [6, 6.07) is 4.13. The van der Waals surface area contributed by atoms with Gasteiger partial charge in [-0.3, -0.25) is 14.9 Å².